The first-order chi connectivity index (χ1) is 17.6. The van der Waals surface area contributed by atoms with Gasteiger partial charge in [0.1, 0.15) is 18.1 Å². The van der Waals surface area contributed by atoms with Gasteiger partial charge < -0.3 is 42.0 Å². The molecule has 2 heterocycles. The van der Waals surface area contributed by atoms with Gasteiger partial charge in [0.25, 0.3) is 5.91 Å². The molecule has 1 aliphatic heterocycles. The molecule has 0 saturated carbocycles. The number of nitrogens with one attached hydrogen (secondary N) is 4. The van der Waals surface area contributed by atoms with Crippen LogP contribution >= 0.6 is 27.5 Å². The summed E-state index contributed by atoms with van der Waals surface area (Å²) < 4.78 is 0.276. The lowest BCUT2D eigenvalue weighted by atomic mass is 10.0. The normalized spacial score (nSPS) is 15.4. The fourth-order valence-electron chi connectivity index (χ4n) is 3.21. The van der Waals surface area contributed by atoms with Gasteiger partial charge in [-0.05, 0) is 28.1 Å². The van der Waals surface area contributed by atoms with Gasteiger partial charge in [0.15, 0.2) is 29.0 Å². The highest BCUT2D eigenvalue weighted by atomic mass is 79.9. The molecule has 37 heavy (non-hydrogen) atoms. The predicted molar refractivity (Wildman–Crippen MR) is 136 cm³/mol. The number of rotatable bonds is 8. The second-order valence-corrected chi connectivity index (χ2v) is 8.94. The standard InChI is InChI=1S/C21H21BrClN9O5/c22-12-4-9(23)3-11(17(12)36)13(1-2-33)29-15(35)8-26-20(37)16-18(25)30-14(5-24)19(31-16)32-21-27-6-10(34)7-28-21/h2-4,10,13,34,36H,1,6-8H2,(H2,25,30)(H,26,37)(H,29,35)(H2,27,28,31,32). The van der Waals surface area contributed by atoms with Crippen LogP contribution in [0.15, 0.2) is 21.6 Å². The molecule has 16 heteroatoms. The number of benzene rings is 1. The lowest BCUT2D eigenvalue weighted by Gasteiger charge is -2.20. The third kappa shape index (κ3) is 7.03. The predicted octanol–water partition coefficient (Wildman–Crippen LogP) is -0.0397. The number of aldehydes is 1. The molecule has 1 aromatic carbocycles. The number of aromatic nitrogens is 2. The van der Waals surface area contributed by atoms with Crippen LogP contribution in [-0.2, 0) is 9.59 Å². The number of β-amino-alcohol motifs (C(OH)–C–C–N with tert-alkyl or cyclic N) is 1. The summed E-state index contributed by atoms with van der Waals surface area (Å²) >= 11 is 9.17. The number of phenolic OH excluding ortho intramolecular Hbond substituents is 1. The van der Waals surface area contributed by atoms with Gasteiger partial charge in [0, 0.05) is 23.6 Å². The third-order valence-corrected chi connectivity index (χ3v) is 5.78. The highest BCUT2D eigenvalue weighted by Gasteiger charge is 2.23. The topological polar surface area (TPSA) is 228 Å². The van der Waals surface area contributed by atoms with Gasteiger partial charge in [-0.1, -0.05) is 11.6 Å². The minimum Gasteiger partial charge on any atom is -0.506 e. The van der Waals surface area contributed by atoms with E-state index in [1.807, 2.05) is 0 Å². The van der Waals surface area contributed by atoms with Crippen LogP contribution in [0.5, 0.6) is 5.75 Å². The SMILES string of the molecule is N#Cc1nc(N)c(C(=O)NCC(=O)NC(CC=O)c2cc(Cl)cc(Br)c2O)nc1NC1=NCC(O)CN1. The minimum atomic E-state index is -0.922. The van der Waals surface area contributed by atoms with Crippen LogP contribution in [-0.4, -0.2) is 70.0 Å². The summed E-state index contributed by atoms with van der Waals surface area (Å²) in [4.78, 5) is 48.4. The van der Waals surface area contributed by atoms with Crippen molar-refractivity contribution in [3.63, 3.8) is 0 Å². The van der Waals surface area contributed by atoms with Gasteiger partial charge in [0.2, 0.25) is 5.91 Å². The molecule has 1 aromatic heterocycles. The van der Waals surface area contributed by atoms with E-state index in [4.69, 9.17) is 17.3 Å². The van der Waals surface area contributed by atoms with Crippen molar-refractivity contribution < 1.29 is 24.6 Å². The zero-order chi connectivity index (χ0) is 27.1. The molecular formula is C21H21BrClN9O5. The molecule has 2 aromatic rings. The second kappa shape index (κ2) is 12.3. The maximum atomic E-state index is 12.7. The van der Waals surface area contributed by atoms with Crippen molar-refractivity contribution in [1.82, 2.24) is 25.9 Å². The van der Waals surface area contributed by atoms with Crippen molar-refractivity contribution in [2.45, 2.75) is 18.6 Å². The van der Waals surface area contributed by atoms with Gasteiger partial charge in [-0.25, -0.2) is 9.97 Å². The molecule has 2 atom stereocenters. The van der Waals surface area contributed by atoms with Crippen molar-refractivity contribution in [3.8, 4) is 11.8 Å². The number of nitrogens with zero attached hydrogens (tertiary/aromatic N) is 4. The van der Waals surface area contributed by atoms with Crippen molar-refractivity contribution in [3.05, 3.63) is 38.6 Å². The van der Waals surface area contributed by atoms with Crippen molar-refractivity contribution in [1.29, 1.82) is 5.26 Å². The molecule has 2 amide bonds. The number of amides is 2. The van der Waals surface area contributed by atoms with Crippen LogP contribution < -0.4 is 27.0 Å². The fourth-order valence-corrected chi connectivity index (χ4v) is 4.04. The van der Waals surface area contributed by atoms with E-state index in [1.165, 1.54) is 12.1 Å². The van der Waals surface area contributed by atoms with Gasteiger partial charge in [-0.3, -0.25) is 14.6 Å². The summed E-state index contributed by atoms with van der Waals surface area (Å²) in [6, 6.07) is 3.74. The van der Waals surface area contributed by atoms with Crippen LogP contribution in [0.1, 0.15) is 34.2 Å². The molecular weight excluding hydrogens is 574 g/mol. The molecule has 3 rings (SSSR count). The van der Waals surface area contributed by atoms with Crippen LogP contribution in [0, 0.1) is 11.3 Å². The van der Waals surface area contributed by atoms with Gasteiger partial charge in [0.05, 0.1) is 29.7 Å². The Morgan fingerprint density at radius 3 is 2.81 bits per heavy atom. The number of hydrogen-bond acceptors (Lipinski definition) is 12. The van der Waals surface area contributed by atoms with E-state index >= 15 is 0 Å². The maximum absolute atomic E-state index is 12.7. The van der Waals surface area contributed by atoms with E-state index in [1.54, 1.807) is 6.07 Å². The van der Waals surface area contributed by atoms with E-state index in [9.17, 15) is 29.9 Å². The van der Waals surface area contributed by atoms with Crippen LogP contribution in [0.2, 0.25) is 5.02 Å². The van der Waals surface area contributed by atoms with Crippen LogP contribution in [0.3, 0.4) is 0 Å². The average molecular weight is 595 g/mol. The summed E-state index contributed by atoms with van der Waals surface area (Å²) in [6.07, 6.45) is -0.273. The highest BCUT2D eigenvalue weighted by Crippen LogP contribution is 2.36. The molecule has 0 spiro atoms. The summed E-state index contributed by atoms with van der Waals surface area (Å²) in [5.41, 5.74) is 5.44. The number of carbonyl (C=O) groups is 3. The fraction of sp³-hybridized carbons (Fsp3) is 0.286. The summed E-state index contributed by atoms with van der Waals surface area (Å²) in [5.74, 6) is -1.99. The summed E-state index contributed by atoms with van der Waals surface area (Å²) in [7, 11) is 0. The molecule has 0 aliphatic carbocycles. The van der Waals surface area contributed by atoms with E-state index in [0.717, 1.165) is 0 Å². The number of aliphatic hydroxyl groups excluding tert-OH is 1. The van der Waals surface area contributed by atoms with Crippen molar-refractivity contribution >= 4 is 63.2 Å². The molecule has 2 unspecified atom stereocenters. The van der Waals surface area contributed by atoms with E-state index < -0.39 is 30.5 Å². The lowest BCUT2D eigenvalue weighted by molar-refractivity contribution is -0.121. The Morgan fingerprint density at radius 2 is 2.16 bits per heavy atom. The number of halogens is 2. The van der Waals surface area contributed by atoms with Crippen LogP contribution in [0.4, 0.5) is 11.6 Å². The number of phenols is 1. The molecule has 14 nitrogen and oxygen atoms in total. The number of nitrogen functional groups attached to an aromatic ring is 1. The molecule has 8 N–H and O–H groups in total. The Kier molecular flexibility index (Phi) is 9.17. The number of nitrogens with two attached hydrogens (primary N) is 1. The average Bonchev–Trinajstić information content (AvgIpc) is 2.86. The Labute approximate surface area is 223 Å². The number of aliphatic hydroxyl groups is 1. The van der Waals surface area contributed by atoms with Crippen molar-refractivity contribution in [2.24, 2.45) is 4.99 Å². The molecule has 0 bridgehead atoms. The summed E-state index contributed by atoms with van der Waals surface area (Å²) in [5, 5.41) is 39.8. The van der Waals surface area contributed by atoms with E-state index in [-0.39, 0.29) is 69.3 Å². The number of nitriles is 1. The number of carbonyl (C=O) groups excluding carboxylic acids is 3. The number of hydrogen-bond donors (Lipinski definition) is 7. The maximum Gasteiger partial charge on any atom is 0.274 e. The van der Waals surface area contributed by atoms with Gasteiger partial charge >= 0.3 is 0 Å². The first-order valence-corrected chi connectivity index (χ1v) is 11.8. The molecule has 194 valence electrons. The first-order valence-electron chi connectivity index (χ1n) is 10.6. The number of anilines is 2. The highest BCUT2D eigenvalue weighted by molar-refractivity contribution is 9.10. The number of aromatic hydroxyl groups is 1. The third-order valence-electron chi connectivity index (χ3n) is 4.96. The largest absolute Gasteiger partial charge is 0.506 e. The van der Waals surface area contributed by atoms with E-state index in [2.05, 4.69) is 52.2 Å². The molecule has 0 saturated heterocycles. The Bertz CT molecular complexity index is 1300. The minimum absolute atomic E-state index is 0.109. The van der Waals surface area contributed by atoms with Gasteiger partial charge in [-0.15, -0.1) is 0 Å². The van der Waals surface area contributed by atoms with Gasteiger partial charge in [-0.2, -0.15) is 5.26 Å². The number of guanidine groups is 1. The molecule has 0 fully saturated rings. The zero-order valence-electron chi connectivity index (χ0n) is 19.0. The Morgan fingerprint density at radius 1 is 1.41 bits per heavy atom. The Hall–Kier alpha value is -4.00. The molecule has 0 radical (unpaired) electrons. The van der Waals surface area contributed by atoms with Crippen LogP contribution in [0.25, 0.3) is 0 Å². The van der Waals surface area contributed by atoms with E-state index in [0.29, 0.717) is 6.29 Å². The first kappa shape index (κ1) is 27.6. The number of aliphatic imine (C=N–C) groups is 1. The zero-order valence-corrected chi connectivity index (χ0v) is 21.3. The summed E-state index contributed by atoms with van der Waals surface area (Å²) in [6.45, 7) is -0.197. The van der Waals surface area contributed by atoms with Crippen molar-refractivity contribution in [2.75, 3.05) is 30.7 Å². The smallest absolute Gasteiger partial charge is 0.274 e. The second-order valence-electron chi connectivity index (χ2n) is 7.65. The quantitative estimate of drug-likeness (QED) is 0.201. The molecule has 1 aliphatic rings. The lowest BCUT2D eigenvalue weighted by Crippen LogP contribution is -2.43. The monoisotopic (exact) mass is 593 g/mol. The Balaban J connectivity index is 1.71.